The molecule has 0 saturated heterocycles. The third-order valence-corrected chi connectivity index (χ3v) is 3.98. The number of imidazole rings is 1. The zero-order chi connectivity index (χ0) is 12.7. The van der Waals surface area contributed by atoms with Crippen LogP contribution in [-0.2, 0) is 6.54 Å². The van der Waals surface area contributed by atoms with Gasteiger partial charge in [-0.2, -0.15) is 4.37 Å². The molecule has 3 aromatic rings. The molecular weight excluding hydrogens is 258 g/mol. The van der Waals surface area contributed by atoms with Crippen LogP contribution in [0.5, 0.6) is 0 Å². The molecule has 1 fully saturated rings. The lowest BCUT2D eigenvalue weighted by Crippen LogP contribution is -2.00. The number of rotatable bonds is 4. The Morgan fingerprint density at radius 3 is 3.21 bits per heavy atom. The molecule has 0 radical (unpaired) electrons. The van der Waals surface area contributed by atoms with Crippen LogP contribution in [-0.4, -0.2) is 18.7 Å². The standard InChI is InChI=1S/C13H13N5S/c1-4-11-6-14-8-18(11)7-9(1)5-15-13-16-12(17-19-13)10-2-3-10/h1,4,6-8,10H,2-3,5H2,(H,15,16,17). The molecule has 5 nitrogen and oxygen atoms in total. The lowest BCUT2D eigenvalue weighted by atomic mass is 10.3. The third-order valence-electron chi connectivity index (χ3n) is 3.30. The quantitative estimate of drug-likeness (QED) is 0.792. The van der Waals surface area contributed by atoms with E-state index in [0.29, 0.717) is 5.92 Å². The van der Waals surface area contributed by atoms with Crippen LogP contribution in [0.3, 0.4) is 0 Å². The second kappa shape index (κ2) is 4.31. The zero-order valence-corrected chi connectivity index (χ0v) is 11.1. The van der Waals surface area contributed by atoms with Crippen molar-refractivity contribution in [2.75, 3.05) is 5.32 Å². The molecule has 1 N–H and O–H groups in total. The summed E-state index contributed by atoms with van der Waals surface area (Å²) in [6.45, 7) is 0.757. The molecule has 6 heteroatoms. The highest BCUT2D eigenvalue weighted by atomic mass is 32.1. The molecule has 0 atom stereocenters. The van der Waals surface area contributed by atoms with Gasteiger partial charge in [0.1, 0.15) is 5.82 Å². The predicted molar refractivity (Wildman–Crippen MR) is 74.4 cm³/mol. The highest BCUT2D eigenvalue weighted by Crippen LogP contribution is 2.39. The molecule has 4 rings (SSSR count). The molecule has 0 unspecified atom stereocenters. The van der Waals surface area contributed by atoms with Crippen molar-refractivity contribution < 1.29 is 0 Å². The van der Waals surface area contributed by atoms with Gasteiger partial charge in [0.05, 0.1) is 18.0 Å². The van der Waals surface area contributed by atoms with Crippen molar-refractivity contribution in [1.82, 2.24) is 18.7 Å². The maximum Gasteiger partial charge on any atom is 0.202 e. The minimum absolute atomic E-state index is 0.620. The molecule has 0 aliphatic heterocycles. The van der Waals surface area contributed by atoms with E-state index < -0.39 is 0 Å². The number of hydrogen-bond acceptors (Lipinski definition) is 5. The SMILES string of the molecule is c1cc2cncn2cc1CNc1nc(C2CC2)ns1. The first kappa shape index (κ1) is 10.9. The molecule has 3 aromatic heterocycles. The van der Waals surface area contributed by atoms with E-state index in [4.69, 9.17) is 0 Å². The molecule has 0 aromatic carbocycles. The number of fused-ring (bicyclic) bond motifs is 1. The minimum atomic E-state index is 0.620. The van der Waals surface area contributed by atoms with Gasteiger partial charge >= 0.3 is 0 Å². The first-order chi connectivity index (χ1) is 9.38. The fraction of sp³-hybridized carbons (Fsp3) is 0.308. The summed E-state index contributed by atoms with van der Waals surface area (Å²) in [6, 6.07) is 4.17. The Kier molecular flexibility index (Phi) is 2.48. The number of hydrogen-bond donors (Lipinski definition) is 1. The van der Waals surface area contributed by atoms with Crippen molar-refractivity contribution >= 4 is 22.2 Å². The second-order valence-electron chi connectivity index (χ2n) is 4.85. The van der Waals surface area contributed by atoms with E-state index in [1.165, 1.54) is 29.9 Å². The van der Waals surface area contributed by atoms with E-state index in [9.17, 15) is 0 Å². The Hall–Kier alpha value is -1.95. The second-order valence-corrected chi connectivity index (χ2v) is 5.60. The molecule has 96 valence electrons. The Bertz CT molecular complexity index is 712. The molecule has 0 amide bonds. The van der Waals surface area contributed by atoms with Crippen molar-refractivity contribution in [1.29, 1.82) is 0 Å². The molecule has 19 heavy (non-hydrogen) atoms. The Balaban J connectivity index is 1.47. The van der Waals surface area contributed by atoms with Gasteiger partial charge in [0.25, 0.3) is 0 Å². The third kappa shape index (κ3) is 2.19. The zero-order valence-electron chi connectivity index (χ0n) is 10.3. The van der Waals surface area contributed by atoms with Crippen molar-refractivity contribution in [2.24, 2.45) is 0 Å². The van der Waals surface area contributed by atoms with E-state index in [0.717, 1.165) is 23.0 Å². The largest absolute Gasteiger partial charge is 0.356 e. The van der Waals surface area contributed by atoms with Gasteiger partial charge in [-0.05, 0) is 24.5 Å². The van der Waals surface area contributed by atoms with Crippen molar-refractivity contribution in [3.63, 3.8) is 0 Å². The maximum absolute atomic E-state index is 4.52. The van der Waals surface area contributed by atoms with Crippen LogP contribution in [0.15, 0.2) is 30.9 Å². The molecular formula is C13H13N5S. The number of pyridine rings is 1. The summed E-state index contributed by atoms with van der Waals surface area (Å²) in [5.41, 5.74) is 2.31. The van der Waals surface area contributed by atoms with Gasteiger partial charge in [-0.15, -0.1) is 0 Å². The number of nitrogens with zero attached hydrogens (tertiary/aromatic N) is 4. The first-order valence-electron chi connectivity index (χ1n) is 6.36. The first-order valence-corrected chi connectivity index (χ1v) is 7.14. The van der Waals surface area contributed by atoms with E-state index in [1.807, 2.05) is 16.9 Å². The van der Waals surface area contributed by atoms with Crippen LogP contribution < -0.4 is 5.32 Å². The molecule has 0 bridgehead atoms. The minimum Gasteiger partial charge on any atom is -0.356 e. The van der Waals surface area contributed by atoms with E-state index >= 15 is 0 Å². The normalized spacial score (nSPS) is 14.9. The van der Waals surface area contributed by atoms with Crippen LogP contribution in [0.25, 0.3) is 5.52 Å². The highest BCUT2D eigenvalue weighted by molar-refractivity contribution is 7.09. The van der Waals surface area contributed by atoms with Gasteiger partial charge in [-0.25, -0.2) is 9.97 Å². The fourth-order valence-corrected chi connectivity index (χ4v) is 2.70. The smallest absolute Gasteiger partial charge is 0.202 e. The number of aromatic nitrogens is 4. The van der Waals surface area contributed by atoms with Gasteiger partial charge in [0.15, 0.2) is 0 Å². The summed E-state index contributed by atoms with van der Waals surface area (Å²) >= 11 is 1.45. The van der Waals surface area contributed by atoms with Crippen LogP contribution >= 0.6 is 11.5 Å². The van der Waals surface area contributed by atoms with E-state index in [1.54, 1.807) is 0 Å². The summed E-state index contributed by atoms with van der Waals surface area (Å²) < 4.78 is 6.41. The van der Waals surface area contributed by atoms with Crippen molar-refractivity contribution in [3.8, 4) is 0 Å². The average molecular weight is 271 g/mol. The van der Waals surface area contributed by atoms with Crippen LogP contribution in [0.4, 0.5) is 5.13 Å². The van der Waals surface area contributed by atoms with Crippen molar-refractivity contribution in [3.05, 3.63) is 42.2 Å². The summed E-state index contributed by atoms with van der Waals surface area (Å²) in [7, 11) is 0. The van der Waals surface area contributed by atoms with Crippen molar-refractivity contribution in [2.45, 2.75) is 25.3 Å². The Morgan fingerprint density at radius 2 is 2.32 bits per heavy atom. The summed E-state index contributed by atoms with van der Waals surface area (Å²) in [5.74, 6) is 1.63. The topological polar surface area (TPSA) is 55.1 Å². The Morgan fingerprint density at radius 1 is 1.37 bits per heavy atom. The molecule has 1 aliphatic carbocycles. The van der Waals surface area contributed by atoms with Crippen LogP contribution in [0.2, 0.25) is 0 Å². The molecule has 1 aliphatic rings. The molecule has 1 saturated carbocycles. The highest BCUT2D eigenvalue weighted by Gasteiger charge is 2.27. The number of anilines is 1. The molecule has 3 heterocycles. The van der Waals surface area contributed by atoms with E-state index in [2.05, 4.69) is 38.0 Å². The fourth-order valence-electron chi connectivity index (χ4n) is 2.06. The van der Waals surface area contributed by atoms with Gasteiger partial charge < -0.3 is 9.72 Å². The summed E-state index contributed by atoms with van der Waals surface area (Å²) in [6.07, 6.45) is 8.23. The van der Waals surface area contributed by atoms with Gasteiger partial charge in [-0.3, -0.25) is 0 Å². The lowest BCUT2D eigenvalue weighted by molar-refractivity contribution is 0.978. The number of nitrogens with one attached hydrogen (secondary N) is 1. The van der Waals surface area contributed by atoms with Gasteiger partial charge in [-0.1, -0.05) is 6.07 Å². The lowest BCUT2D eigenvalue weighted by Gasteiger charge is -2.03. The summed E-state index contributed by atoms with van der Waals surface area (Å²) in [5, 5.41) is 4.24. The monoisotopic (exact) mass is 271 g/mol. The van der Waals surface area contributed by atoms with Gasteiger partial charge in [0.2, 0.25) is 5.13 Å². The van der Waals surface area contributed by atoms with Gasteiger partial charge in [0, 0.05) is 30.2 Å². The summed E-state index contributed by atoms with van der Waals surface area (Å²) in [4.78, 5) is 8.63. The predicted octanol–water partition coefficient (Wildman–Crippen LogP) is 2.68. The Labute approximate surface area is 114 Å². The van der Waals surface area contributed by atoms with E-state index in [-0.39, 0.29) is 0 Å². The average Bonchev–Trinajstić information content (AvgIpc) is 3.01. The van der Waals surface area contributed by atoms with Crippen LogP contribution in [0, 0.1) is 0 Å². The molecule has 0 spiro atoms. The van der Waals surface area contributed by atoms with Crippen LogP contribution in [0.1, 0.15) is 30.1 Å². The maximum atomic E-state index is 4.52.